The minimum atomic E-state index is -1.34. The second-order valence-corrected chi connectivity index (χ2v) is 7.84. The second-order valence-electron chi connectivity index (χ2n) is 7.84. The molecule has 0 aliphatic carbocycles. The Hall–Kier alpha value is -2.70. The highest BCUT2D eigenvalue weighted by Crippen LogP contribution is 2.52. The average molecular weight is 369 g/mol. The summed E-state index contributed by atoms with van der Waals surface area (Å²) >= 11 is 0. The number of nitrogens with zero attached hydrogens (tertiary/aromatic N) is 3. The number of imide groups is 1. The lowest BCUT2D eigenvalue weighted by molar-refractivity contribution is -0.154. The van der Waals surface area contributed by atoms with Crippen LogP contribution in [0.4, 0.5) is 0 Å². The molecule has 3 heterocycles. The van der Waals surface area contributed by atoms with Gasteiger partial charge in [0, 0.05) is 25.7 Å². The van der Waals surface area contributed by atoms with E-state index in [9.17, 15) is 19.2 Å². The van der Waals surface area contributed by atoms with Gasteiger partial charge in [-0.1, -0.05) is 17.7 Å². The largest absolute Gasteiger partial charge is 0.339 e. The first-order chi connectivity index (χ1) is 12.7. The summed E-state index contributed by atoms with van der Waals surface area (Å²) in [5, 5.41) is 0. The van der Waals surface area contributed by atoms with Crippen molar-refractivity contribution in [3.63, 3.8) is 0 Å². The fourth-order valence-electron chi connectivity index (χ4n) is 5.00. The van der Waals surface area contributed by atoms with Gasteiger partial charge in [0.05, 0.1) is 17.9 Å². The zero-order valence-electron chi connectivity index (χ0n) is 15.9. The molecule has 4 amide bonds. The van der Waals surface area contributed by atoms with Crippen molar-refractivity contribution in [3.05, 3.63) is 35.4 Å². The zero-order valence-corrected chi connectivity index (χ0v) is 15.9. The van der Waals surface area contributed by atoms with E-state index in [1.54, 1.807) is 24.0 Å². The van der Waals surface area contributed by atoms with E-state index in [1.165, 1.54) is 11.9 Å². The molecule has 7 nitrogen and oxygen atoms in total. The lowest BCUT2D eigenvalue weighted by Crippen LogP contribution is -2.68. The van der Waals surface area contributed by atoms with Gasteiger partial charge in [0.25, 0.3) is 5.91 Å². The van der Waals surface area contributed by atoms with Gasteiger partial charge >= 0.3 is 0 Å². The van der Waals surface area contributed by atoms with E-state index in [4.69, 9.17) is 0 Å². The quantitative estimate of drug-likeness (QED) is 0.718. The first-order valence-corrected chi connectivity index (χ1v) is 9.24. The van der Waals surface area contributed by atoms with E-state index < -0.39 is 23.4 Å². The molecule has 27 heavy (non-hydrogen) atoms. The van der Waals surface area contributed by atoms with E-state index >= 15 is 0 Å². The van der Waals surface area contributed by atoms with Crippen LogP contribution < -0.4 is 0 Å². The van der Waals surface area contributed by atoms with Gasteiger partial charge in [-0.05, 0) is 32.9 Å². The monoisotopic (exact) mass is 369 g/mol. The third-order valence-corrected chi connectivity index (χ3v) is 6.45. The van der Waals surface area contributed by atoms with Crippen LogP contribution >= 0.6 is 0 Å². The van der Waals surface area contributed by atoms with Crippen LogP contribution in [0.2, 0.25) is 0 Å². The molecule has 0 N–H and O–H groups in total. The van der Waals surface area contributed by atoms with Crippen LogP contribution in [-0.4, -0.2) is 70.0 Å². The Morgan fingerprint density at radius 1 is 1.15 bits per heavy atom. The number of amides is 4. The third kappa shape index (κ3) is 2.08. The lowest BCUT2D eigenvalue weighted by Gasteiger charge is -2.47. The molecule has 0 spiro atoms. The molecule has 0 radical (unpaired) electrons. The number of rotatable bonds is 2. The summed E-state index contributed by atoms with van der Waals surface area (Å²) in [6, 6.07) is 6.64. The zero-order chi connectivity index (χ0) is 19.7. The predicted molar refractivity (Wildman–Crippen MR) is 96.6 cm³/mol. The van der Waals surface area contributed by atoms with Gasteiger partial charge in [-0.25, -0.2) is 0 Å². The van der Waals surface area contributed by atoms with Crippen molar-refractivity contribution in [2.45, 2.75) is 32.4 Å². The maximum atomic E-state index is 13.4. The Kier molecular flexibility index (Phi) is 3.70. The number of piperazine rings is 1. The molecule has 3 aliphatic heterocycles. The maximum Gasteiger partial charge on any atom is 0.255 e. The number of benzene rings is 1. The minimum absolute atomic E-state index is 0.259. The fourth-order valence-corrected chi connectivity index (χ4v) is 5.00. The molecule has 1 aromatic rings. The summed E-state index contributed by atoms with van der Waals surface area (Å²) in [7, 11) is 1.45. The van der Waals surface area contributed by atoms with Gasteiger partial charge in [-0.3, -0.25) is 24.1 Å². The standard InChI is InChI=1S/C20H23N3O4/c1-5-22-10-13-14-15(18(26)21(4)17(14)25)20(3,19(22)27)23(13)16(24)12-8-6-11(2)7-9-12/h6-9,13-15H,5,10H2,1-4H3/t13-,14+,15-,20-/m1/s1. The van der Waals surface area contributed by atoms with Crippen LogP contribution in [0, 0.1) is 18.8 Å². The number of hydrogen-bond donors (Lipinski definition) is 0. The number of likely N-dealkylation sites (tertiary alicyclic amines) is 2. The normalized spacial score (nSPS) is 32.4. The first kappa shape index (κ1) is 17.7. The van der Waals surface area contributed by atoms with Crippen molar-refractivity contribution in [1.29, 1.82) is 0 Å². The Bertz CT molecular complexity index is 864. The van der Waals surface area contributed by atoms with Crippen LogP contribution in [0.3, 0.4) is 0 Å². The van der Waals surface area contributed by atoms with E-state index in [1.807, 2.05) is 26.0 Å². The predicted octanol–water partition coefficient (Wildman–Crippen LogP) is 0.671. The number of hydrogen-bond acceptors (Lipinski definition) is 4. The topological polar surface area (TPSA) is 78.0 Å². The minimum Gasteiger partial charge on any atom is -0.339 e. The van der Waals surface area contributed by atoms with E-state index in [-0.39, 0.29) is 30.2 Å². The van der Waals surface area contributed by atoms with E-state index in [0.29, 0.717) is 12.1 Å². The average Bonchev–Trinajstić information content (AvgIpc) is 3.01. The van der Waals surface area contributed by atoms with Gasteiger partial charge in [-0.2, -0.15) is 0 Å². The van der Waals surface area contributed by atoms with Gasteiger partial charge in [-0.15, -0.1) is 0 Å². The summed E-state index contributed by atoms with van der Waals surface area (Å²) in [6.45, 7) is 6.20. The van der Waals surface area contributed by atoms with Crippen molar-refractivity contribution in [1.82, 2.24) is 14.7 Å². The number of fused-ring (bicyclic) bond motifs is 5. The summed E-state index contributed by atoms with van der Waals surface area (Å²) in [5.41, 5.74) is 0.141. The number of carbonyl (C=O) groups excluding carboxylic acids is 4. The molecular formula is C20H23N3O4. The van der Waals surface area contributed by atoms with Crippen molar-refractivity contribution in [2.75, 3.05) is 20.1 Å². The van der Waals surface area contributed by atoms with Crippen LogP contribution in [0.25, 0.3) is 0 Å². The second kappa shape index (κ2) is 5.65. The molecule has 3 fully saturated rings. The summed E-state index contributed by atoms with van der Waals surface area (Å²) in [5.74, 6) is -2.72. The molecule has 7 heteroatoms. The SMILES string of the molecule is CCN1C[C@@H]2[C@@H]3C(=O)N(C)C(=O)[C@@H]3[C@](C)(C1=O)N2C(=O)c1ccc(C)cc1. The third-order valence-electron chi connectivity index (χ3n) is 6.45. The summed E-state index contributed by atoms with van der Waals surface area (Å²) in [4.78, 5) is 56.5. The number of carbonyl (C=O) groups is 4. The van der Waals surface area contributed by atoms with Crippen LogP contribution in [0.5, 0.6) is 0 Å². The lowest BCUT2D eigenvalue weighted by atomic mass is 9.81. The van der Waals surface area contributed by atoms with E-state index in [0.717, 1.165) is 10.5 Å². The van der Waals surface area contributed by atoms with Gasteiger partial charge in [0.1, 0.15) is 5.54 Å². The number of likely N-dealkylation sites (N-methyl/N-ethyl adjacent to an activating group) is 1. The maximum absolute atomic E-state index is 13.4. The summed E-state index contributed by atoms with van der Waals surface area (Å²) < 4.78 is 0. The molecular weight excluding hydrogens is 346 g/mol. The molecule has 4 atom stereocenters. The smallest absolute Gasteiger partial charge is 0.255 e. The Morgan fingerprint density at radius 3 is 2.37 bits per heavy atom. The van der Waals surface area contributed by atoms with Gasteiger partial charge in [0.15, 0.2) is 0 Å². The van der Waals surface area contributed by atoms with Crippen LogP contribution in [0.15, 0.2) is 24.3 Å². The Morgan fingerprint density at radius 2 is 1.78 bits per heavy atom. The van der Waals surface area contributed by atoms with Crippen molar-refractivity contribution in [2.24, 2.45) is 11.8 Å². The van der Waals surface area contributed by atoms with Crippen LogP contribution in [-0.2, 0) is 14.4 Å². The highest BCUT2D eigenvalue weighted by atomic mass is 16.2. The van der Waals surface area contributed by atoms with Crippen molar-refractivity contribution < 1.29 is 19.2 Å². The molecule has 2 bridgehead atoms. The molecule has 3 saturated heterocycles. The van der Waals surface area contributed by atoms with Crippen LogP contribution in [0.1, 0.15) is 29.8 Å². The number of aryl methyl sites for hydroxylation is 1. The molecule has 0 aromatic heterocycles. The molecule has 0 saturated carbocycles. The van der Waals surface area contributed by atoms with E-state index in [2.05, 4.69) is 0 Å². The molecule has 0 unspecified atom stereocenters. The highest BCUT2D eigenvalue weighted by Gasteiger charge is 2.73. The van der Waals surface area contributed by atoms with Crippen molar-refractivity contribution in [3.8, 4) is 0 Å². The summed E-state index contributed by atoms with van der Waals surface area (Å²) in [6.07, 6.45) is 0. The Balaban J connectivity index is 1.85. The molecule has 1 aromatic carbocycles. The fraction of sp³-hybridized carbons (Fsp3) is 0.500. The first-order valence-electron chi connectivity index (χ1n) is 9.24. The molecule has 4 rings (SSSR count). The van der Waals surface area contributed by atoms with Crippen molar-refractivity contribution >= 4 is 23.6 Å². The molecule has 142 valence electrons. The molecule has 3 aliphatic rings. The van der Waals surface area contributed by atoms with Gasteiger partial charge in [0.2, 0.25) is 17.7 Å². The van der Waals surface area contributed by atoms with Gasteiger partial charge < -0.3 is 9.80 Å². The highest BCUT2D eigenvalue weighted by molar-refractivity contribution is 6.13. The Labute approximate surface area is 157 Å².